The van der Waals surface area contributed by atoms with Crippen LogP contribution in [0, 0.1) is 0 Å². The average molecular weight is 296 g/mol. The molecule has 0 bridgehead atoms. The maximum Gasteiger partial charge on any atom is 0.234 e. The van der Waals surface area contributed by atoms with Gasteiger partial charge in [-0.3, -0.25) is 4.40 Å². The van der Waals surface area contributed by atoms with Crippen LogP contribution >= 0.6 is 0 Å². The Bertz CT molecular complexity index is 808. The Morgan fingerprint density at radius 3 is 2.82 bits per heavy atom. The Morgan fingerprint density at radius 2 is 2.14 bits per heavy atom. The van der Waals surface area contributed by atoms with Crippen molar-refractivity contribution >= 4 is 5.78 Å². The monoisotopic (exact) mass is 296 g/mol. The van der Waals surface area contributed by atoms with E-state index in [9.17, 15) is 0 Å². The van der Waals surface area contributed by atoms with Crippen molar-refractivity contribution in [3.8, 4) is 17.0 Å². The van der Waals surface area contributed by atoms with Crippen molar-refractivity contribution in [1.29, 1.82) is 0 Å². The van der Waals surface area contributed by atoms with Crippen LogP contribution in [0.15, 0.2) is 36.7 Å². The zero-order valence-electron chi connectivity index (χ0n) is 13.1. The summed E-state index contributed by atoms with van der Waals surface area (Å²) in [5.41, 5.74) is 9.92. The fourth-order valence-electron chi connectivity index (χ4n) is 2.62. The zero-order chi connectivity index (χ0) is 15.7. The Kier molecular flexibility index (Phi) is 3.81. The molecule has 3 rings (SSSR count). The number of ether oxygens (including phenoxy) is 1. The third-order valence-corrected chi connectivity index (χ3v) is 3.84. The first-order valence-electron chi connectivity index (χ1n) is 7.36. The minimum atomic E-state index is 0.386. The lowest BCUT2D eigenvalue weighted by Gasteiger charge is -2.12. The summed E-state index contributed by atoms with van der Waals surface area (Å²) in [7, 11) is 1.67. The average Bonchev–Trinajstić information content (AvgIpc) is 2.92. The van der Waals surface area contributed by atoms with Gasteiger partial charge < -0.3 is 10.5 Å². The molecule has 114 valence electrons. The molecule has 0 radical (unpaired) electrons. The van der Waals surface area contributed by atoms with Gasteiger partial charge in [0.15, 0.2) is 0 Å². The Balaban J connectivity index is 2.28. The van der Waals surface area contributed by atoms with E-state index < -0.39 is 0 Å². The molecule has 0 amide bonds. The minimum absolute atomic E-state index is 0.386. The molecule has 3 aromatic rings. The highest BCUT2D eigenvalue weighted by atomic mass is 16.5. The molecule has 0 aliphatic rings. The van der Waals surface area contributed by atoms with E-state index in [-0.39, 0.29) is 0 Å². The number of nitrogens with zero attached hydrogens (tertiary/aromatic N) is 3. The van der Waals surface area contributed by atoms with E-state index >= 15 is 0 Å². The summed E-state index contributed by atoms with van der Waals surface area (Å²) in [5, 5.41) is 0. The van der Waals surface area contributed by atoms with Gasteiger partial charge in [0.1, 0.15) is 5.75 Å². The van der Waals surface area contributed by atoms with Crippen LogP contribution in [0.2, 0.25) is 0 Å². The first kappa shape index (κ1) is 14.5. The SMILES string of the molecule is COc1ccc(C(C)C)cc1-c1nc2ncccn2c1CN. The van der Waals surface area contributed by atoms with Gasteiger partial charge in [0, 0.05) is 24.5 Å². The van der Waals surface area contributed by atoms with Crippen LogP contribution in [0.1, 0.15) is 31.0 Å². The molecule has 0 spiro atoms. The second-order valence-corrected chi connectivity index (χ2v) is 5.52. The molecule has 0 saturated heterocycles. The zero-order valence-corrected chi connectivity index (χ0v) is 13.1. The molecule has 5 heteroatoms. The van der Waals surface area contributed by atoms with Gasteiger partial charge in [-0.15, -0.1) is 0 Å². The number of fused-ring (bicyclic) bond motifs is 1. The summed E-state index contributed by atoms with van der Waals surface area (Å²) in [6.45, 7) is 4.72. The van der Waals surface area contributed by atoms with Crippen LogP contribution in [0.5, 0.6) is 5.75 Å². The molecule has 2 heterocycles. The Hall–Kier alpha value is -2.40. The fraction of sp³-hybridized carbons (Fsp3) is 0.294. The molecular weight excluding hydrogens is 276 g/mol. The van der Waals surface area contributed by atoms with Gasteiger partial charge in [-0.25, -0.2) is 9.97 Å². The first-order valence-corrected chi connectivity index (χ1v) is 7.36. The maximum atomic E-state index is 5.96. The molecule has 22 heavy (non-hydrogen) atoms. The maximum absolute atomic E-state index is 5.96. The number of rotatable bonds is 4. The molecule has 5 nitrogen and oxygen atoms in total. The highest BCUT2D eigenvalue weighted by molar-refractivity contribution is 5.72. The predicted molar refractivity (Wildman–Crippen MR) is 87.0 cm³/mol. The topological polar surface area (TPSA) is 65.4 Å². The van der Waals surface area contributed by atoms with E-state index in [1.165, 1.54) is 5.56 Å². The van der Waals surface area contributed by atoms with E-state index in [0.29, 0.717) is 18.2 Å². The van der Waals surface area contributed by atoms with Crippen LogP contribution in [0.3, 0.4) is 0 Å². The van der Waals surface area contributed by atoms with Crippen molar-refractivity contribution < 1.29 is 4.74 Å². The number of aromatic nitrogens is 3. The Morgan fingerprint density at radius 1 is 1.32 bits per heavy atom. The van der Waals surface area contributed by atoms with Crippen molar-refractivity contribution in [2.24, 2.45) is 5.73 Å². The van der Waals surface area contributed by atoms with Crippen LogP contribution < -0.4 is 10.5 Å². The molecule has 1 aromatic carbocycles. The lowest BCUT2D eigenvalue weighted by atomic mass is 9.98. The van der Waals surface area contributed by atoms with Crippen LogP contribution in [-0.2, 0) is 6.54 Å². The third kappa shape index (κ3) is 2.33. The van der Waals surface area contributed by atoms with Crippen molar-refractivity contribution in [3.05, 3.63) is 47.9 Å². The Labute approximate surface area is 129 Å². The largest absolute Gasteiger partial charge is 0.496 e. The van der Waals surface area contributed by atoms with Gasteiger partial charge in [0.25, 0.3) is 0 Å². The van der Waals surface area contributed by atoms with Crippen LogP contribution in [-0.4, -0.2) is 21.5 Å². The molecule has 0 fully saturated rings. The van der Waals surface area contributed by atoms with Gasteiger partial charge in [-0.1, -0.05) is 19.9 Å². The van der Waals surface area contributed by atoms with Crippen molar-refractivity contribution in [2.45, 2.75) is 26.3 Å². The van der Waals surface area contributed by atoms with Crippen molar-refractivity contribution in [1.82, 2.24) is 14.4 Å². The van der Waals surface area contributed by atoms with E-state index in [0.717, 1.165) is 22.7 Å². The normalized spacial score (nSPS) is 11.3. The molecule has 2 aromatic heterocycles. The van der Waals surface area contributed by atoms with E-state index in [2.05, 4.69) is 35.9 Å². The fourth-order valence-corrected chi connectivity index (χ4v) is 2.62. The number of hydrogen-bond acceptors (Lipinski definition) is 4. The summed E-state index contributed by atoms with van der Waals surface area (Å²) in [6, 6.07) is 8.08. The molecule has 0 atom stereocenters. The summed E-state index contributed by atoms with van der Waals surface area (Å²) in [5.74, 6) is 1.87. The van der Waals surface area contributed by atoms with Crippen LogP contribution in [0.4, 0.5) is 0 Å². The van der Waals surface area contributed by atoms with E-state index in [1.807, 2.05) is 22.7 Å². The molecule has 0 aliphatic carbocycles. The highest BCUT2D eigenvalue weighted by Gasteiger charge is 2.18. The second kappa shape index (κ2) is 5.77. The smallest absolute Gasteiger partial charge is 0.234 e. The summed E-state index contributed by atoms with van der Waals surface area (Å²) < 4.78 is 7.45. The van der Waals surface area contributed by atoms with Gasteiger partial charge in [-0.2, -0.15) is 0 Å². The number of benzene rings is 1. The molecule has 0 saturated carbocycles. The van der Waals surface area contributed by atoms with E-state index in [1.54, 1.807) is 13.3 Å². The van der Waals surface area contributed by atoms with Crippen molar-refractivity contribution in [2.75, 3.05) is 7.11 Å². The third-order valence-electron chi connectivity index (χ3n) is 3.84. The second-order valence-electron chi connectivity index (χ2n) is 5.52. The summed E-state index contributed by atoms with van der Waals surface area (Å²) in [6.07, 6.45) is 3.66. The van der Waals surface area contributed by atoms with Gasteiger partial charge in [0.05, 0.1) is 18.5 Å². The predicted octanol–water partition coefficient (Wildman–Crippen LogP) is 2.99. The molecule has 0 unspecified atom stereocenters. The lowest BCUT2D eigenvalue weighted by Crippen LogP contribution is -2.03. The number of imidazole rings is 1. The van der Waals surface area contributed by atoms with Gasteiger partial charge >= 0.3 is 0 Å². The summed E-state index contributed by atoms with van der Waals surface area (Å²) >= 11 is 0. The number of nitrogens with two attached hydrogens (primary N) is 1. The number of hydrogen-bond donors (Lipinski definition) is 1. The molecule has 0 aliphatic heterocycles. The highest BCUT2D eigenvalue weighted by Crippen LogP contribution is 2.34. The van der Waals surface area contributed by atoms with Gasteiger partial charge in [-0.05, 0) is 29.7 Å². The van der Waals surface area contributed by atoms with E-state index in [4.69, 9.17) is 10.5 Å². The standard InChI is InChI=1S/C17H20N4O/c1-11(2)12-5-6-15(22-3)13(9-12)16-14(10-18)21-8-4-7-19-17(21)20-16/h4-9,11H,10,18H2,1-3H3. The van der Waals surface area contributed by atoms with Crippen LogP contribution in [0.25, 0.3) is 17.0 Å². The van der Waals surface area contributed by atoms with Gasteiger partial charge in [0.2, 0.25) is 5.78 Å². The minimum Gasteiger partial charge on any atom is -0.496 e. The lowest BCUT2D eigenvalue weighted by molar-refractivity contribution is 0.416. The summed E-state index contributed by atoms with van der Waals surface area (Å²) in [4.78, 5) is 8.96. The molecule has 2 N–H and O–H groups in total. The van der Waals surface area contributed by atoms with Crippen molar-refractivity contribution in [3.63, 3.8) is 0 Å². The first-order chi connectivity index (χ1) is 10.7. The quantitative estimate of drug-likeness (QED) is 0.804. The molecular formula is C17H20N4O. The number of methoxy groups -OCH3 is 1.